The Bertz CT molecular complexity index is 378. The number of amides is 2. The van der Waals surface area contributed by atoms with Crippen LogP contribution in [0.2, 0.25) is 0 Å². The van der Waals surface area contributed by atoms with Crippen molar-refractivity contribution in [1.82, 2.24) is 10.2 Å². The lowest BCUT2D eigenvalue weighted by Crippen LogP contribution is -2.50. The summed E-state index contributed by atoms with van der Waals surface area (Å²) in [5.74, 6) is 0.617. The summed E-state index contributed by atoms with van der Waals surface area (Å²) >= 11 is 1.80. The van der Waals surface area contributed by atoms with E-state index in [1.165, 1.54) is 0 Å². The van der Waals surface area contributed by atoms with Gasteiger partial charge in [0.05, 0.1) is 0 Å². The molecule has 2 fully saturated rings. The maximum absolute atomic E-state index is 12.4. The first-order valence-corrected chi connectivity index (χ1v) is 9.32. The fourth-order valence-corrected chi connectivity index (χ4v) is 4.12. The zero-order valence-electron chi connectivity index (χ0n) is 12.7. The molecule has 2 N–H and O–H groups in total. The highest BCUT2D eigenvalue weighted by molar-refractivity contribution is 7.98. The lowest BCUT2D eigenvalue weighted by atomic mass is 9.85. The van der Waals surface area contributed by atoms with Gasteiger partial charge in [0.1, 0.15) is 6.04 Å². The van der Waals surface area contributed by atoms with Gasteiger partial charge in [-0.25, -0.2) is 9.59 Å². The topological polar surface area (TPSA) is 69.6 Å². The Morgan fingerprint density at radius 2 is 2.05 bits per heavy atom. The number of fused-ring (bicyclic) bond motifs is 1. The maximum atomic E-state index is 12.4. The number of thioether (sulfide) groups is 1. The molecule has 120 valence electrons. The van der Waals surface area contributed by atoms with Crippen LogP contribution in [-0.4, -0.2) is 52.6 Å². The third-order valence-corrected chi connectivity index (χ3v) is 5.36. The van der Waals surface area contributed by atoms with E-state index in [1.807, 2.05) is 0 Å². The van der Waals surface area contributed by atoms with Crippen LogP contribution in [0, 0.1) is 5.92 Å². The number of aliphatic carboxylic acids is 1. The van der Waals surface area contributed by atoms with E-state index in [-0.39, 0.29) is 12.1 Å². The first kappa shape index (κ1) is 16.5. The van der Waals surface area contributed by atoms with Gasteiger partial charge in [-0.15, -0.1) is 0 Å². The minimum atomic E-state index is -0.859. The number of nitrogens with one attached hydrogen (secondary N) is 1. The summed E-state index contributed by atoms with van der Waals surface area (Å²) in [4.78, 5) is 25.5. The zero-order valence-corrected chi connectivity index (χ0v) is 13.5. The van der Waals surface area contributed by atoms with Crippen LogP contribution in [-0.2, 0) is 4.79 Å². The van der Waals surface area contributed by atoms with E-state index in [0.29, 0.717) is 18.9 Å². The van der Waals surface area contributed by atoms with Crippen LogP contribution in [0.4, 0.5) is 4.79 Å². The standard InChI is InChI=1S/C15H26N2O3S/c1-21-9-5-4-8-16-15(20)17-12-7-3-2-6-11(12)10-13(17)14(18)19/h11-13H,2-10H2,1H3,(H,16,20)(H,18,19). The predicted octanol–water partition coefficient (Wildman–Crippen LogP) is 2.56. The molecule has 3 atom stereocenters. The molecule has 5 nitrogen and oxygen atoms in total. The zero-order chi connectivity index (χ0) is 15.2. The monoisotopic (exact) mass is 314 g/mol. The van der Waals surface area contributed by atoms with Gasteiger partial charge in [-0.05, 0) is 50.0 Å². The summed E-state index contributed by atoms with van der Waals surface area (Å²) in [6.07, 6.45) is 9.01. The highest BCUT2D eigenvalue weighted by Gasteiger charge is 2.47. The van der Waals surface area contributed by atoms with E-state index in [2.05, 4.69) is 11.6 Å². The van der Waals surface area contributed by atoms with Crippen molar-refractivity contribution in [2.75, 3.05) is 18.6 Å². The van der Waals surface area contributed by atoms with Gasteiger partial charge in [0, 0.05) is 12.6 Å². The molecular weight excluding hydrogens is 288 g/mol. The molecule has 3 unspecified atom stereocenters. The number of likely N-dealkylation sites (tertiary alicyclic amines) is 1. The van der Waals surface area contributed by atoms with Crippen molar-refractivity contribution in [3.05, 3.63) is 0 Å². The van der Waals surface area contributed by atoms with Gasteiger partial charge >= 0.3 is 12.0 Å². The van der Waals surface area contributed by atoms with Crippen LogP contribution in [0.25, 0.3) is 0 Å². The number of carboxylic acids is 1. The minimum Gasteiger partial charge on any atom is -0.480 e. The molecule has 1 aliphatic heterocycles. The number of carboxylic acid groups (broad SMARTS) is 1. The molecule has 0 radical (unpaired) electrons. The van der Waals surface area contributed by atoms with Crippen LogP contribution in [0.1, 0.15) is 44.9 Å². The van der Waals surface area contributed by atoms with Crippen LogP contribution in [0.5, 0.6) is 0 Å². The second kappa shape index (κ2) is 7.92. The highest BCUT2D eigenvalue weighted by atomic mass is 32.2. The van der Waals surface area contributed by atoms with E-state index >= 15 is 0 Å². The Balaban J connectivity index is 1.90. The molecule has 2 rings (SSSR count). The summed E-state index contributed by atoms with van der Waals surface area (Å²) in [5, 5.41) is 12.3. The summed E-state index contributed by atoms with van der Waals surface area (Å²) in [6.45, 7) is 0.639. The number of carbonyl (C=O) groups excluding carboxylic acids is 1. The lowest BCUT2D eigenvalue weighted by molar-refractivity contribution is -0.141. The number of rotatable bonds is 6. The van der Waals surface area contributed by atoms with Gasteiger partial charge < -0.3 is 15.3 Å². The molecule has 2 aliphatic rings. The minimum absolute atomic E-state index is 0.131. The third kappa shape index (κ3) is 4.05. The molecular formula is C15H26N2O3S. The molecule has 1 heterocycles. The van der Waals surface area contributed by atoms with Crippen molar-refractivity contribution >= 4 is 23.8 Å². The normalized spacial score (nSPS) is 28.2. The van der Waals surface area contributed by atoms with Crippen LogP contribution < -0.4 is 5.32 Å². The van der Waals surface area contributed by atoms with Crippen molar-refractivity contribution in [2.45, 2.75) is 57.0 Å². The van der Waals surface area contributed by atoms with Gasteiger partial charge in [-0.1, -0.05) is 12.8 Å². The Hall–Kier alpha value is -0.910. The number of unbranched alkanes of at least 4 members (excludes halogenated alkanes) is 1. The van der Waals surface area contributed by atoms with E-state index in [0.717, 1.165) is 44.3 Å². The van der Waals surface area contributed by atoms with Gasteiger partial charge in [0.25, 0.3) is 0 Å². The van der Waals surface area contributed by atoms with Gasteiger partial charge in [-0.2, -0.15) is 11.8 Å². The smallest absolute Gasteiger partial charge is 0.326 e. The SMILES string of the molecule is CSCCCCNC(=O)N1C(C(=O)O)CC2CCCCC21. The Morgan fingerprint density at radius 1 is 1.29 bits per heavy atom. The molecule has 2 amide bonds. The van der Waals surface area contributed by atoms with Crippen LogP contribution in [0.15, 0.2) is 0 Å². The average Bonchev–Trinajstić information content (AvgIpc) is 2.86. The number of nitrogens with zero attached hydrogens (tertiary/aromatic N) is 1. The number of hydrogen-bond acceptors (Lipinski definition) is 3. The molecule has 21 heavy (non-hydrogen) atoms. The molecule has 1 saturated heterocycles. The number of urea groups is 1. The van der Waals surface area contributed by atoms with Gasteiger partial charge in [0.2, 0.25) is 0 Å². The highest BCUT2D eigenvalue weighted by Crippen LogP contribution is 2.39. The van der Waals surface area contributed by atoms with Crippen LogP contribution in [0.3, 0.4) is 0 Å². The Labute approximate surface area is 130 Å². The van der Waals surface area contributed by atoms with Crippen molar-refractivity contribution in [3.8, 4) is 0 Å². The van der Waals surface area contributed by atoms with Gasteiger partial charge in [0.15, 0.2) is 0 Å². The van der Waals surface area contributed by atoms with Crippen molar-refractivity contribution in [3.63, 3.8) is 0 Å². The molecule has 0 aromatic rings. The molecule has 1 aliphatic carbocycles. The fraction of sp³-hybridized carbons (Fsp3) is 0.867. The average molecular weight is 314 g/mol. The summed E-state index contributed by atoms with van der Waals surface area (Å²) in [6, 6.07) is -0.684. The second-order valence-corrected chi connectivity index (χ2v) is 7.03. The second-order valence-electron chi connectivity index (χ2n) is 6.04. The van der Waals surface area contributed by atoms with E-state index in [9.17, 15) is 14.7 Å². The summed E-state index contributed by atoms with van der Waals surface area (Å²) in [7, 11) is 0. The third-order valence-electron chi connectivity index (χ3n) is 4.66. The summed E-state index contributed by atoms with van der Waals surface area (Å²) in [5.41, 5.74) is 0. The molecule has 0 spiro atoms. The van der Waals surface area contributed by atoms with E-state index in [1.54, 1.807) is 16.7 Å². The largest absolute Gasteiger partial charge is 0.480 e. The molecule has 0 aromatic heterocycles. The Kier molecular flexibility index (Phi) is 6.21. The maximum Gasteiger partial charge on any atom is 0.326 e. The van der Waals surface area contributed by atoms with E-state index < -0.39 is 12.0 Å². The van der Waals surface area contributed by atoms with Crippen molar-refractivity contribution in [1.29, 1.82) is 0 Å². The number of hydrogen-bond donors (Lipinski definition) is 2. The van der Waals surface area contributed by atoms with Crippen LogP contribution >= 0.6 is 11.8 Å². The molecule has 0 bridgehead atoms. The molecule has 1 saturated carbocycles. The summed E-state index contributed by atoms with van der Waals surface area (Å²) < 4.78 is 0. The van der Waals surface area contributed by atoms with Crippen molar-refractivity contribution < 1.29 is 14.7 Å². The molecule has 6 heteroatoms. The van der Waals surface area contributed by atoms with Gasteiger partial charge in [-0.3, -0.25) is 0 Å². The first-order chi connectivity index (χ1) is 10.1. The molecule has 0 aromatic carbocycles. The fourth-order valence-electron chi connectivity index (χ4n) is 3.63. The number of carbonyl (C=O) groups is 2. The lowest BCUT2D eigenvalue weighted by Gasteiger charge is -2.33. The van der Waals surface area contributed by atoms with E-state index in [4.69, 9.17) is 0 Å². The Morgan fingerprint density at radius 3 is 2.76 bits per heavy atom. The predicted molar refractivity (Wildman–Crippen MR) is 84.6 cm³/mol. The quantitative estimate of drug-likeness (QED) is 0.739. The van der Waals surface area contributed by atoms with Crippen molar-refractivity contribution in [2.24, 2.45) is 5.92 Å². The first-order valence-electron chi connectivity index (χ1n) is 7.93.